The first-order chi connectivity index (χ1) is 27.7. The summed E-state index contributed by atoms with van der Waals surface area (Å²) < 4.78 is 0. The van der Waals surface area contributed by atoms with Crippen LogP contribution in [0.4, 0.5) is 0 Å². The van der Waals surface area contributed by atoms with Crippen molar-refractivity contribution in [2.45, 2.75) is 51.5 Å². The van der Waals surface area contributed by atoms with E-state index < -0.39 is 0 Å². The molecule has 3 aliphatic rings. The number of allylic oxidation sites excluding steroid dienone is 5. The van der Waals surface area contributed by atoms with Crippen molar-refractivity contribution in [1.82, 2.24) is 0 Å². The molecule has 0 bridgehead atoms. The van der Waals surface area contributed by atoms with Gasteiger partial charge in [0.2, 0.25) is 0 Å². The van der Waals surface area contributed by atoms with Crippen LogP contribution in [-0.4, -0.2) is 0 Å². The zero-order valence-corrected chi connectivity index (χ0v) is 33.7. The van der Waals surface area contributed by atoms with Gasteiger partial charge in [0, 0.05) is 45.1 Å². The molecule has 0 radical (unpaired) electrons. The molecule has 0 N–H and O–H groups in total. The van der Waals surface area contributed by atoms with E-state index in [1.54, 1.807) is 0 Å². The molecule has 1 atom stereocenters. The van der Waals surface area contributed by atoms with Gasteiger partial charge >= 0.3 is 0 Å². The molecule has 56 heavy (non-hydrogen) atoms. The molecule has 2 aliphatic heterocycles. The quantitative estimate of drug-likeness (QED) is 0.147. The first kappa shape index (κ1) is 35.3. The number of fused-ring (bicyclic) bond motifs is 4. The standard InChI is InChI=1S/C52H36S4/c1-3-17-47-45(15-1)53-49-19-7-13-43(51(49)55-47)41-11-5-9-37(33-41)23-21-35-25-29-39(30-26-35)40-31-27-36(28-32-40)22-24-38-10-6-12-42(34-38)44-14-8-20-50-52(44)56-48-18-4-2-16-46(48)54-50/h1-11,13-34,42H,12H2/b23-21+,24-22+. The summed E-state index contributed by atoms with van der Waals surface area (Å²) in [6, 6.07) is 57.5. The van der Waals surface area contributed by atoms with Gasteiger partial charge < -0.3 is 0 Å². The van der Waals surface area contributed by atoms with Gasteiger partial charge in [0.05, 0.1) is 0 Å². The Bertz CT molecular complexity index is 2710. The average molecular weight is 789 g/mol. The van der Waals surface area contributed by atoms with Gasteiger partial charge in [0.15, 0.2) is 0 Å². The van der Waals surface area contributed by atoms with Gasteiger partial charge in [-0.25, -0.2) is 0 Å². The summed E-state index contributed by atoms with van der Waals surface area (Å²) in [6.45, 7) is 0. The number of benzene rings is 7. The lowest BCUT2D eigenvalue weighted by molar-refractivity contribution is 0.816. The normalized spacial score (nSPS) is 15.6. The third kappa shape index (κ3) is 7.43. The minimum absolute atomic E-state index is 0.371. The van der Waals surface area contributed by atoms with E-state index in [2.05, 4.69) is 200 Å². The highest BCUT2D eigenvalue weighted by Gasteiger charge is 2.23. The first-order valence-electron chi connectivity index (χ1n) is 18.9. The van der Waals surface area contributed by atoms with E-state index in [0.29, 0.717) is 5.92 Å². The van der Waals surface area contributed by atoms with Crippen LogP contribution in [0.5, 0.6) is 0 Å². The fraction of sp³-hybridized carbons (Fsp3) is 0.0385. The predicted molar refractivity (Wildman–Crippen MR) is 242 cm³/mol. The Balaban J connectivity index is 0.798. The maximum absolute atomic E-state index is 2.44. The lowest BCUT2D eigenvalue weighted by Gasteiger charge is -2.24. The van der Waals surface area contributed by atoms with Gasteiger partial charge in [0.25, 0.3) is 0 Å². The summed E-state index contributed by atoms with van der Waals surface area (Å²) in [7, 11) is 0. The molecular formula is C52H36S4. The summed E-state index contributed by atoms with van der Waals surface area (Å²) in [5.41, 5.74) is 11.2. The van der Waals surface area contributed by atoms with Crippen LogP contribution in [0, 0.1) is 0 Å². The summed E-state index contributed by atoms with van der Waals surface area (Å²) in [6.07, 6.45) is 17.0. The number of hydrogen-bond donors (Lipinski definition) is 0. The summed E-state index contributed by atoms with van der Waals surface area (Å²) in [5, 5.41) is 0. The molecule has 10 rings (SSSR count). The lowest BCUT2D eigenvalue weighted by Crippen LogP contribution is -2.03. The Kier molecular flexibility index (Phi) is 9.97. The second-order valence-electron chi connectivity index (χ2n) is 14.1. The van der Waals surface area contributed by atoms with Gasteiger partial charge in [-0.1, -0.05) is 205 Å². The zero-order valence-electron chi connectivity index (χ0n) is 30.5. The molecule has 1 aliphatic carbocycles. The Morgan fingerprint density at radius 1 is 0.411 bits per heavy atom. The monoisotopic (exact) mass is 788 g/mol. The summed E-state index contributed by atoms with van der Waals surface area (Å²) in [4.78, 5) is 10.8. The van der Waals surface area contributed by atoms with Crippen molar-refractivity contribution in [2.75, 3.05) is 0 Å². The third-order valence-corrected chi connectivity index (χ3v) is 15.6. The van der Waals surface area contributed by atoms with E-state index in [1.165, 1.54) is 89.2 Å². The van der Waals surface area contributed by atoms with Gasteiger partial charge in [0.1, 0.15) is 0 Å². The molecule has 2 heterocycles. The van der Waals surface area contributed by atoms with E-state index in [0.717, 1.165) is 6.42 Å². The van der Waals surface area contributed by atoms with Crippen molar-refractivity contribution in [3.05, 3.63) is 210 Å². The fourth-order valence-corrected chi connectivity index (χ4v) is 12.3. The van der Waals surface area contributed by atoms with Crippen LogP contribution < -0.4 is 0 Å². The molecule has 4 heteroatoms. The van der Waals surface area contributed by atoms with Gasteiger partial charge in [-0.2, -0.15) is 0 Å². The third-order valence-electron chi connectivity index (χ3n) is 10.3. The largest absolute Gasteiger partial charge is 0.0877 e. The molecule has 0 nitrogen and oxygen atoms in total. The average Bonchev–Trinajstić information content (AvgIpc) is 3.26. The van der Waals surface area contributed by atoms with Crippen LogP contribution in [0.2, 0.25) is 0 Å². The Morgan fingerprint density at radius 2 is 0.946 bits per heavy atom. The minimum Gasteiger partial charge on any atom is -0.0877 e. The van der Waals surface area contributed by atoms with Crippen molar-refractivity contribution in [3.8, 4) is 22.3 Å². The molecule has 268 valence electrons. The highest BCUT2D eigenvalue weighted by Crippen LogP contribution is 2.53. The second-order valence-corrected chi connectivity index (χ2v) is 18.3. The van der Waals surface area contributed by atoms with E-state index in [9.17, 15) is 0 Å². The summed E-state index contributed by atoms with van der Waals surface area (Å²) in [5.74, 6) is 0.371. The van der Waals surface area contributed by atoms with Crippen molar-refractivity contribution in [3.63, 3.8) is 0 Å². The molecule has 0 saturated carbocycles. The van der Waals surface area contributed by atoms with Crippen LogP contribution in [-0.2, 0) is 0 Å². The minimum atomic E-state index is 0.371. The van der Waals surface area contributed by atoms with E-state index in [-0.39, 0.29) is 0 Å². The molecule has 1 unspecified atom stereocenters. The van der Waals surface area contributed by atoms with Gasteiger partial charge in [-0.05, 0) is 99.0 Å². The molecule has 0 aromatic heterocycles. The topological polar surface area (TPSA) is 0 Å². The molecule has 7 aromatic rings. The van der Waals surface area contributed by atoms with Crippen molar-refractivity contribution >= 4 is 65.3 Å². The molecule has 0 amide bonds. The maximum Gasteiger partial charge on any atom is 0.0340 e. The number of hydrogen-bond acceptors (Lipinski definition) is 4. The van der Waals surface area contributed by atoms with Crippen LogP contribution in [0.1, 0.15) is 34.6 Å². The van der Waals surface area contributed by atoms with Crippen LogP contribution in [0.15, 0.2) is 227 Å². The van der Waals surface area contributed by atoms with Gasteiger partial charge in [-0.15, -0.1) is 0 Å². The molecule has 0 fully saturated rings. The van der Waals surface area contributed by atoms with E-state index >= 15 is 0 Å². The smallest absolute Gasteiger partial charge is 0.0340 e. The van der Waals surface area contributed by atoms with Crippen LogP contribution in [0.25, 0.3) is 40.5 Å². The molecule has 0 saturated heterocycles. The maximum atomic E-state index is 2.44. The Morgan fingerprint density at radius 3 is 1.62 bits per heavy atom. The van der Waals surface area contributed by atoms with Crippen molar-refractivity contribution in [1.29, 1.82) is 0 Å². The lowest BCUT2D eigenvalue weighted by atomic mass is 9.89. The number of rotatable bonds is 7. The summed E-state index contributed by atoms with van der Waals surface area (Å²) >= 11 is 7.56. The molecule has 0 spiro atoms. The van der Waals surface area contributed by atoms with Crippen LogP contribution in [0.3, 0.4) is 0 Å². The Hall–Kier alpha value is -5.10. The van der Waals surface area contributed by atoms with Crippen molar-refractivity contribution < 1.29 is 0 Å². The Labute approximate surface area is 346 Å². The first-order valence-corrected chi connectivity index (χ1v) is 22.2. The van der Waals surface area contributed by atoms with Crippen LogP contribution >= 0.6 is 47.0 Å². The second kappa shape index (κ2) is 15.8. The fourth-order valence-electron chi connectivity index (χ4n) is 7.44. The van der Waals surface area contributed by atoms with E-state index in [1.807, 2.05) is 47.0 Å². The zero-order chi connectivity index (χ0) is 37.3. The SMILES string of the molecule is C1=CC(/C=C/c2ccc(-c3ccc(/C=C/c4cccc(-c5cccc6c5Sc5ccccc5S6)c4)cc3)cc2)=CC(c2cccc3c2Sc2ccccc2S3)C1. The highest BCUT2D eigenvalue weighted by molar-refractivity contribution is 8.05. The van der Waals surface area contributed by atoms with Crippen molar-refractivity contribution in [2.24, 2.45) is 0 Å². The van der Waals surface area contributed by atoms with E-state index in [4.69, 9.17) is 0 Å². The van der Waals surface area contributed by atoms with Gasteiger partial charge in [-0.3, -0.25) is 0 Å². The highest BCUT2D eigenvalue weighted by atomic mass is 32.2. The predicted octanol–water partition coefficient (Wildman–Crippen LogP) is 16.1. The molecular weight excluding hydrogens is 753 g/mol. The molecule has 7 aromatic carbocycles.